The number of aryl methyl sites for hydroxylation is 1. The number of rotatable bonds is 4. The fraction of sp³-hybridized carbons (Fsp3) is 0.118. The van der Waals surface area contributed by atoms with Gasteiger partial charge in [-0.3, -0.25) is 9.59 Å². The predicted octanol–water partition coefficient (Wildman–Crippen LogP) is 2.45. The zero-order valence-electron chi connectivity index (χ0n) is 13.5. The van der Waals surface area contributed by atoms with Gasteiger partial charge in [-0.2, -0.15) is 5.10 Å². The van der Waals surface area contributed by atoms with Gasteiger partial charge in [0.15, 0.2) is 11.5 Å². The van der Waals surface area contributed by atoms with Crippen molar-refractivity contribution in [3.05, 3.63) is 52.5 Å². The first kappa shape index (κ1) is 18.3. The number of ether oxygens (including phenoxy) is 1. The number of nitrogens with zero attached hydrogens (tertiary/aromatic N) is 1. The number of phenolic OH excluding ortho intramolecular Hbond substituents is 1. The summed E-state index contributed by atoms with van der Waals surface area (Å²) >= 11 is 5.86. The largest absolute Gasteiger partial charge is 0.504 e. The van der Waals surface area contributed by atoms with Crippen molar-refractivity contribution >= 4 is 35.3 Å². The van der Waals surface area contributed by atoms with Crippen LogP contribution >= 0.6 is 11.6 Å². The third-order valence-electron chi connectivity index (χ3n) is 3.24. The number of anilines is 1. The minimum absolute atomic E-state index is 0.0139. The minimum Gasteiger partial charge on any atom is -0.504 e. The lowest BCUT2D eigenvalue weighted by Gasteiger charge is -2.07. The van der Waals surface area contributed by atoms with Crippen LogP contribution in [0.15, 0.2) is 41.5 Å². The van der Waals surface area contributed by atoms with Gasteiger partial charge in [-0.25, -0.2) is 5.43 Å². The number of methoxy groups -OCH3 is 1. The summed E-state index contributed by atoms with van der Waals surface area (Å²) in [5.41, 5.74) is 3.90. The molecular weight excluding hydrogens is 346 g/mol. The SMILES string of the molecule is COc1cc(/C=N/NC(=O)C(=O)Nc2cc(Cl)ccc2C)ccc1O. The van der Waals surface area contributed by atoms with E-state index in [0.717, 1.165) is 5.56 Å². The number of carbonyl (C=O) groups is 2. The fourth-order valence-electron chi connectivity index (χ4n) is 1.90. The van der Waals surface area contributed by atoms with Crippen LogP contribution in [-0.2, 0) is 9.59 Å². The second-order valence-electron chi connectivity index (χ2n) is 5.04. The van der Waals surface area contributed by atoms with Gasteiger partial charge in [0.2, 0.25) is 0 Å². The summed E-state index contributed by atoms with van der Waals surface area (Å²) in [6.07, 6.45) is 1.32. The number of amides is 2. The van der Waals surface area contributed by atoms with Gasteiger partial charge >= 0.3 is 11.8 Å². The minimum atomic E-state index is -0.929. The van der Waals surface area contributed by atoms with Gasteiger partial charge in [-0.05, 0) is 48.4 Å². The predicted molar refractivity (Wildman–Crippen MR) is 95.2 cm³/mol. The molecule has 0 spiro atoms. The van der Waals surface area contributed by atoms with E-state index in [1.165, 1.54) is 25.5 Å². The van der Waals surface area contributed by atoms with Crippen molar-refractivity contribution in [3.8, 4) is 11.5 Å². The van der Waals surface area contributed by atoms with Crippen LogP contribution in [0.1, 0.15) is 11.1 Å². The van der Waals surface area contributed by atoms with Crippen LogP contribution in [-0.4, -0.2) is 30.2 Å². The lowest BCUT2D eigenvalue weighted by Crippen LogP contribution is -2.32. The maximum absolute atomic E-state index is 11.9. The Hall–Kier alpha value is -3.06. The molecule has 3 N–H and O–H groups in total. The van der Waals surface area contributed by atoms with Crippen LogP contribution in [0.3, 0.4) is 0 Å². The highest BCUT2D eigenvalue weighted by atomic mass is 35.5. The normalized spacial score (nSPS) is 10.5. The highest BCUT2D eigenvalue weighted by molar-refractivity contribution is 6.40. The Labute approximate surface area is 149 Å². The van der Waals surface area contributed by atoms with Crippen LogP contribution in [0.25, 0.3) is 0 Å². The Morgan fingerprint density at radius 2 is 1.96 bits per heavy atom. The summed E-state index contributed by atoms with van der Waals surface area (Å²) in [7, 11) is 1.42. The summed E-state index contributed by atoms with van der Waals surface area (Å²) in [6.45, 7) is 1.78. The Kier molecular flexibility index (Phi) is 5.97. The Morgan fingerprint density at radius 1 is 1.20 bits per heavy atom. The maximum atomic E-state index is 11.9. The monoisotopic (exact) mass is 361 g/mol. The van der Waals surface area contributed by atoms with Gasteiger partial charge in [0.25, 0.3) is 0 Å². The number of halogens is 1. The molecule has 0 radical (unpaired) electrons. The first-order chi connectivity index (χ1) is 11.9. The van der Waals surface area contributed by atoms with Crippen LogP contribution in [0, 0.1) is 6.92 Å². The summed E-state index contributed by atoms with van der Waals surface area (Å²) in [6, 6.07) is 9.49. The van der Waals surface area contributed by atoms with Gasteiger partial charge in [-0.1, -0.05) is 17.7 Å². The van der Waals surface area contributed by atoms with Crippen molar-refractivity contribution in [2.24, 2.45) is 5.10 Å². The summed E-state index contributed by atoms with van der Waals surface area (Å²) < 4.78 is 4.96. The standard InChI is InChI=1S/C17H16ClN3O4/c1-10-3-5-12(18)8-13(10)20-16(23)17(24)21-19-9-11-4-6-14(22)15(7-11)25-2/h3-9,22H,1-2H3,(H,20,23)(H,21,24)/b19-9+. The van der Waals surface area contributed by atoms with E-state index >= 15 is 0 Å². The number of benzene rings is 2. The van der Waals surface area contributed by atoms with E-state index in [0.29, 0.717) is 16.3 Å². The number of hydrogen-bond acceptors (Lipinski definition) is 5. The van der Waals surface area contributed by atoms with Crippen molar-refractivity contribution in [1.82, 2.24) is 5.43 Å². The molecule has 0 aliphatic carbocycles. The number of hydrogen-bond donors (Lipinski definition) is 3. The van der Waals surface area contributed by atoms with Crippen LogP contribution in [0.5, 0.6) is 11.5 Å². The van der Waals surface area contributed by atoms with Crippen molar-refractivity contribution in [3.63, 3.8) is 0 Å². The third-order valence-corrected chi connectivity index (χ3v) is 3.47. The number of phenols is 1. The molecule has 0 saturated carbocycles. The molecule has 130 valence electrons. The van der Waals surface area contributed by atoms with Crippen LogP contribution in [0.2, 0.25) is 5.02 Å². The van der Waals surface area contributed by atoms with Gasteiger partial charge in [0.1, 0.15) is 0 Å². The molecule has 7 nitrogen and oxygen atoms in total. The summed E-state index contributed by atoms with van der Waals surface area (Å²) in [5, 5.41) is 16.1. The Morgan fingerprint density at radius 3 is 2.68 bits per heavy atom. The topological polar surface area (TPSA) is 100 Å². The fourth-order valence-corrected chi connectivity index (χ4v) is 2.07. The summed E-state index contributed by atoms with van der Waals surface area (Å²) in [5.74, 6) is -1.54. The molecule has 0 aliphatic rings. The van der Waals surface area contributed by atoms with Crippen molar-refractivity contribution in [2.75, 3.05) is 12.4 Å². The summed E-state index contributed by atoms with van der Waals surface area (Å²) in [4.78, 5) is 23.6. The molecule has 2 amide bonds. The maximum Gasteiger partial charge on any atom is 0.329 e. The number of aromatic hydroxyl groups is 1. The van der Waals surface area contributed by atoms with E-state index in [1.807, 2.05) is 0 Å². The molecule has 0 unspecified atom stereocenters. The molecule has 8 heteroatoms. The van der Waals surface area contributed by atoms with E-state index in [9.17, 15) is 14.7 Å². The van der Waals surface area contributed by atoms with E-state index in [4.69, 9.17) is 16.3 Å². The number of carbonyl (C=O) groups excluding carboxylic acids is 2. The molecule has 2 aromatic carbocycles. The van der Waals surface area contributed by atoms with E-state index in [2.05, 4.69) is 15.8 Å². The van der Waals surface area contributed by atoms with Gasteiger partial charge in [-0.15, -0.1) is 0 Å². The highest BCUT2D eigenvalue weighted by Gasteiger charge is 2.14. The second-order valence-corrected chi connectivity index (χ2v) is 5.48. The molecule has 0 aliphatic heterocycles. The third kappa shape index (κ3) is 4.95. The number of nitrogens with one attached hydrogen (secondary N) is 2. The van der Waals surface area contributed by atoms with Gasteiger partial charge in [0.05, 0.1) is 13.3 Å². The van der Waals surface area contributed by atoms with Gasteiger partial charge in [0, 0.05) is 10.7 Å². The van der Waals surface area contributed by atoms with Crippen LogP contribution in [0.4, 0.5) is 5.69 Å². The lowest BCUT2D eigenvalue weighted by molar-refractivity contribution is -0.136. The van der Waals surface area contributed by atoms with E-state index in [-0.39, 0.29) is 11.5 Å². The zero-order chi connectivity index (χ0) is 18.4. The average molecular weight is 362 g/mol. The van der Waals surface area contributed by atoms with Crippen molar-refractivity contribution < 1.29 is 19.4 Å². The Bertz CT molecular complexity index is 837. The Balaban J connectivity index is 1.97. The quantitative estimate of drug-likeness (QED) is 0.442. The van der Waals surface area contributed by atoms with E-state index in [1.54, 1.807) is 31.2 Å². The second kappa shape index (κ2) is 8.16. The zero-order valence-corrected chi connectivity index (χ0v) is 14.3. The van der Waals surface area contributed by atoms with Crippen molar-refractivity contribution in [1.29, 1.82) is 0 Å². The first-order valence-corrected chi connectivity index (χ1v) is 7.56. The first-order valence-electron chi connectivity index (χ1n) is 7.18. The smallest absolute Gasteiger partial charge is 0.329 e. The lowest BCUT2D eigenvalue weighted by atomic mass is 10.2. The molecule has 2 aromatic rings. The number of hydrazone groups is 1. The highest BCUT2D eigenvalue weighted by Crippen LogP contribution is 2.25. The molecule has 0 aromatic heterocycles. The molecule has 25 heavy (non-hydrogen) atoms. The molecule has 2 rings (SSSR count). The molecule has 0 bridgehead atoms. The average Bonchev–Trinajstić information content (AvgIpc) is 2.59. The molecule has 0 fully saturated rings. The van der Waals surface area contributed by atoms with Crippen LogP contribution < -0.4 is 15.5 Å². The van der Waals surface area contributed by atoms with E-state index < -0.39 is 11.8 Å². The molecule has 0 heterocycles. The van der Waals surface area contributed by atoms with Crippen molar-refractivity contribution in [2.45, 2.75) is 6.92 Å². The molecule has 0 atom stereocenters. The molecular formula is C17H16ClN3O4. The van der Waals surface area contributed by atoms with Gasteiger partial charge < -0.3 is 15.2 Å². The molecule has 0 saturated heterocycles.